The fraction of sp³-hybridized carbons (Fsp3) is 0.357. The molecule has 0 radical (unpaired) electrons. The van der Waals surface area contributed by atoms with Crippen molar-refractivity contribution in [3.05, 3.63) is 30.1 Å². The summed E-state index contributed by atoms with van der Waals surface area (Å²) in [6.45, 7) is 1.86. The van der Waals surface area contributed by atoms with E-state index in [0.717, 1.165) is 0 Å². The largest absolute Gasteiger partial charge is 0.459 e. The molecule has 22 heavy (non-hydrogen) atoms. The zero-order valence-corrected chi connectivity index (χ0v) is 11.9. The molecule has 1 fully saturated rings. The molecule has 0 saturated carbocycles. The summed E-state index contributed by atoms with van der Waals surface area (Å²) in [4.78, 5) is 35.6. The van der Waals surface area contributed by atoms with Gasteiger partial charge in [0.1, 0.15) is 11.9 Å². The molecular formula is C14H15FN2O5. The molecule has 1 aromatic carbocycles. The first-order valence-corrected chi connectivity index (χ1v) is 6.70. The van der Waals surface area contributed by atoms with Crippen molar-refractivity contribution in [1.29, 1.82) is 0 Å². The summed E-state index contributed by atoms with van der Waals surface area (Å²) in [7, 11) is 0. The van der Waals surface area contributed by atoms with Crippen molar-refractivity contribution in [1.82, 2.24) is 5.32 Å². The molecule has 2 amide bonds. The molecule has 118 valence electrons. The quantitative estimate of drug-likeness (QED) is 0.658. The topological polar surface area (TPSA) is 84.9 Å². The van der Waals surface area contributed by atoms with Crippen molar-refractivity contribution in [2.45, 2.75) is 13.0 Å². The minimum absolute atomic E-state index is 0.0128. The molecule has 1 atom stereocenters. The number of halogens is 1. The number of nitrogens with one attached hydrogen (secondary N) is 1. The van der Waals surface area contributed by atoms with Crippen LogP contribution in [0.3, 0.4) is 0 Å². The van der Waals surface area contributed by atoms with E-state index in [1.54, 1.807) is 6.92 Å². The third-order valence-corrected chi connectivity index (χ3v) is 2.96. The molecule has 7 nitrogen and oxygen atoms in total. The zero-order chi connectivity index (χ0) is 16.1. The van der Waals surface area contributed by atoms with E-state index in [1.165, 1.54) is 29.2 Å². The van der Waals surface area contributed by atoms with Gasteiger partial charge in [-0.05, 0) is 31.2 Å². The maximum absolute atomic E-state index is 12.9. The molecule has 8 heteroatoms. The van der Waals surface area contributed by atoms with E-state index in [0.29, 0.717) is 5.69 Å². The van der Waals surface area contributed by atoms with Crippen molar-refractivity contribution >= 4 is 23.7 Å². The maximum Gasteiger partial charge on any atom is 0.414 e. The summed E-state index contributed by atoms with van der Waals surface area (Å²) in [6.07, 6.45) is -1.20. The lowest BCUT2D eigenvalue weighted by Crippen LogP contribution is -2.39. The van der Waals surface area contributed by atoms with Crippen molar-refractivity contribution < 1.29 is 28.2 Å². The molecule has 1 heterocycles. The highest BCUT2D eigenvalue weighted by Crippen LogP contribution is 2.21. The van der Waals surface area contributed by atoms with E-state index in [2.05, 4.69) is 10.1 Å². The van der Waals surface area contributed by atoms with Gasteiger partial charge >= 0.3 is 18.0 Å². The van der Waals surface area contributed by atoms with Gasteiger partial charge < -0.3 is 14.8 Å². The lowest BCUT2D eigenvalue weighted by Gasteiger charge is -2.12. The lowest BCUT2D eigenvalue weighted by atomic mass is 10.2. The van der Waals surface area contributed by atoms with Gasteiger partial charge in [-0.15, -0.1) is 0 Å². The lowest BCUT2D eigenvalue weighted by molar-refractivity contribution is -0.154. The normalized spacial score (nSPS) is 17.1. The second-order valence-electron chi connectivity index (χ2n) is 4.52. The summed E-state index contributed by atoms with van der Waals surface area (Å²) in [5.41, 5.74) is 0.491. The average molecular weight is 310 g/mol. The van der Waals surface area contributed by atoms with Crippen LogP contribution in [0.2, 0.25) is 0 Å². The smallest absolute Gasteiger partial charge is 0.414 e. The van der Waals surface area contributed by atoms with E-state index >= 15 is 0 Å². The van der Waals surface area contributed by atoms with Crippen LogP contribution in [-0.4, -0.2) is 43.8 Å². The fourth-order valence-electron chi connectivity index (χ4n) is 1.94. The van der Waals surface area contributed by atoms with Gasteiger partial charge in [0.25, 0.3) is 0 Å². The number of benzene rings is 1. The van der Waals surface area contributed by atoms with E-state index in [1.807, 2.05) is 0 Å². The Morgan fingerprint density at radius 3 is 2.73 bits per heavy atom. The number of carbonyl (C=O) groups excluding carboxylic acids is 3. The van der Waals surface area contributed by atoms with Gasteiger partial charge in [0.15, 0.2) is 0 Å². The fourth-order valence-corrected chi connectivity index (χ4v) is 1.94. The van der Waals surface area contributed by atoms with Gasteiger partial charge in [-0.1, -0.05) is 0 Å². The Bertz CT molecular complexity index is 575. The monoisotopic (exact) mass is 310 g/mol. The van der Waals surface area contributed by atoms with Crippen LogP contribution in [0.5, 0.6) is 0 Å². The molecule has 0 spiro atoms. The number of amides is 2. The third kappa shape index (κ3) is 3.72. The molecule has 1 aliphatic heterocycles. The van der Waals surface area contributed by atoms with E-state index in [-0.39, 0.29) is 19.7 Å². The van der Waals surface area contributed by atoms with E-state index in [4.69, 9.17) is 4.74 Å². The average Bonchev–Trinajstić information content (AvgIpc) is 2.87. The van der Waals surface area contributed by atoms with Crippen molar-refractivity contribution in [2.75, 3.05) is 24.6 Å². The molecule has 1 aliphatic rings. The van der Waals surface area contributed by atoms with Gasteiger partial charge in [-0.25, -0.2) is 14.0 Å². The Hall–Kier alpha value is -2.64. The van der Waals surface area contributed by atoms with Crippen LogP contribution >= 0.6 is 0 Å². The summed E-state index contributed by atoms with van der Waals surface area (Å²) < 4.78 is 22.5. The summed E-state index contributed by atoms with van der Waals surface area (Å²) in [5, 5.41) is 2.33. The molecule has 0 bridgehead atoms. The zero-order valence-electron chi connectivity index (χ0n) is 11.9. The van der Waals surface area contributed by atoms with Crippen molar-refractivity contribution in [3.63, 3.8) is 0 Å². The molecule has 1 saturated heterocycles. The van der Waals surface area contributed by atoms with Crippen LogP contribution in [0.4, 0.5) is 14.9 Å². The summed E-state index contributed by atoms with van der Waals surface area (Å²) in [6, 6.07) is 5.38. The number of anilines is 1. The van der Waals surface area contributed by atoms with Crippen LogP contribution < -0.4 is 10.2 Å². The van der Waals surface area contributed by atoms with E-state index in [9.17, 15) is 18.8 Å². The maximum atomic E-state index is 12.9. The standard InChI is InChI=1S/C14H15FN2O5/c1-2-21-13(19)12(18)16-7-11-8-17(14(20)22-11)10-5-3-9(15)4-6-10/h3-6,11H,2,7-8H2,1H3,(H,16,18). The van der Waals surface area contributed by atoms with Crippen LogP contribution in [0.15, 0.2) is 24.3 Å². The number of nitrogens with zero attached hydrogens (tertiary/aromatic N) is 1. The number of cyclic esters (lactones) is 1. The number of ether oxygens (including phenoxy) is 2. The predicted molar refractivity (Wildman–Crippen MR) is 73.7 cm³/mol. The Morgan fingerprint density at radius 2 is 2.09 bits per heavy atom. The predicted octanol–water partition coefficient (Wildman–Crippen LogP) is 0.830. The molecule has 1 unspecified atom stereocenters. The van der Waals surface area contributed by atoms with Crippen LogP contribution in [0, 0.1) is 5.82 Å². The highest BCUT2D eigenvalue weighted by molar-refractivity contribution is 6.32. The van der Waals surface area contributed by atoms with Crippen LogP contribution in [0.25, 0.3) is 0 Å². The highest BCUT2D eigenvalue weighted by atomic mass is 19.1. The second kappa shape index (κ2) is 6.88. The first-order chi connectivity index (χ1) is 10.5. The first-order valence-electron chi connectivity index (χ1n) is 6.70. The molecule has 0 aromatic heterocycles. The SMILES string of the molecule is CCOC(=O)C(=O)NCC1CN(c2ccc(F)cc2)C(=O)O1. The van der Waals surface area contributed by atoms with Crippen molar-refractivity contribution in [3.8, 4) is 0 Å². The summed E-state index contributed by atoms with van der Waals surface area (Å²) in [5.74, 6) is -2.28. The Balaban J connectivity index is 1.88. The molecule has 1 aromatic rings. The van der Waals surface area contributed by atoms with Crippen LogP contribution in [-0.2, 0) is 19.1 Å². The summed E-state index contributed by atoms with van der Waals surface area (Å²) >= 11 is 0. The Kier molecular flexibility index (Phi) is 4.92. The number of esters is 1. The third-order valence-electron chi connectivity index (χ3n) is 2.96. The minimum Gasteiger partial charge on any atom is -0.459 e. The number of carbonyl (C=O) groups is 3. The van der Waals surface area contributed by atoms with Gasteiger partial charge in [0, 0.05) is 5.69 Å². The van der Waals surface area contributed by atoms with Gasteiger partial charge in [0.05, 0.1) is 19.7 Å². The Morgan fingerprint density at radius 1 is 1.41 bits per heavy atom. The molecular weight excluding hydrogens is 295 g/mol. The highest BCUT2D eigenvalue weighted by Gasteiger charge is 2.33. The number of hydrogen-bond donors (Lipinski definition) is 1. The number of rotatable bonds is 4. The molecule has 0 aliphatic carbocycles. The Labute approximate surface area is 126 Å². The van der Waals surface area contributed by atoms with E-state index < -0.39 is 29.9 Å². The van der Waals surface area contributed by atoms with Gasteiger partial charge in [-0.2, -0.15) is 0 Å². The second-order valence-corrected chi connectivity index (χ2v) is 4.52. The molecule has 1 N–H and O–H groups in total. The van der Waals surface area contributed by atoms with Gasteiger partial charge in [-0.3, -0.25) is 9.69 Å². The van der Waals surface area contributed by atoms with Crippen LogP contribution in [0.1, 0.15) is 6.92 Å². The number of hydrogen-bond acceptors (Lipinski definition) is 5. The minimum atomic E-state index is -0.984. The van der Waals surface area contributed by atoms with Crippen molar-refractivity contribution in [2.24, 2.45) is 0 Å². The first kappa shape index (κ1) is 15.7. The van der Waals surface area contributed by atoms with Gasteiger partial charge in [0.2, 0.25) is 0 Å². The molecule has 2 rings (SSSR count).